The summed E-state index contributed by atoms with van der Waals surface area (Å²) in [6.45, 7) is 28.0. The highest BCUT2D eigenvalue weighted by molar-refractivity contribution is 6.74. The zero-order chi connectivity index (χ0) is 28.3. The fourth-order valence-electron chi connectivity index (χ4n) is 2.75. The van der Waals surface area contributed by atoms with Gasteiger partial charge in [-0.2, -0.15) is 4.90 Å². The first-order valence-electron chi connectivity index (χ1n) is 12.4. The van der Waals surface area contributed by atoms with Crippen LogP contribution in [0.15, 0.2) is 0 Å². The van der Waals surface area contributed by atoms with Crippen LogP contribution in [0.3, 0.4) is 0 Å². The van der Waals surface area contributed by atoms with Gasteiger partial charge in [-0.3, -0.25) is 0 Å². The van der Waals surface area contributed by atoms with E-state index in [0.29, 0.717) is 13.0 Å². The Kier molecular flexibility index (Phi) is 10.7. The van der Waals surface area contributed by atoms with Crippen LogP contribution >= 0.6 is 0 Å². The fourth-order valence-corrected chi connectivity index (χ4v) is 3.83. The molecule has 0 N–H and O–H groups in total. The largest absolute Gasteiger partial charge is 0.458 e. The maximum absolute atomic E-state index is 13.5. The minimum absolute atomic E-state index is 0.0283. The molecule has 0 spiro atoms. The molecule has 35 heavy (non-hydrogen) atoms. The third-order valence-corrected chi connectivity index (χ3v) is 10.1. The molecule has 1 atom stereocenters. The van der Waals surface area contributed by atoms with Crippen molar-refractivity contribution in [2.75, 3.05) is 6.61 Å². The first kappa shape index (κ1) is 33.4. The molecular weight excluding hydrogens is 466 g/mol. The van der Waals surface area contributed by atoms with E-state index in [0.717, 1.165) is 4.90 Å². The normalized spacial score (nSPS) is 15.2. The van der Waals surface area contributed by atoms with E-state index in [-0.39, 0.29) is 11.5 Å². The lowest BCUT2D eigenvalue weighted by Gasteiger charge is -2.40. The number of rotatable bonds is 7. The van der Waals surface area contributed by atoms with Crippen molar-refractivity contribution in [2.24, 2.45) is 0 Å². The first-order valence-corrected chi connectivity index (χ1v) is 15.3. The van der Waals surface area contributed by atoms with Crippen molar-refractivity contribution >= 4 is 26.5 Å². The van der Waals surface area contributed by atoms with E-state index in [1.807, 2.05) is 0 Å². The summed E-state index contributed by atoms with van der Waals surface area (Å²) in [5.41, 5.74) is -4.28. The average molecular weight is 518 g/mol. The zero-order valence-corrected chi connectivity index (χ0v) is 25.9. The minimum atomic E-state index is -2.01. The summed E-state index contributed by atoms with van der Waals surface area (Å²) in [5.74, 6) is -0.714. The molecule has 206 valence electrons. The molecule has 0 aliphatic carbocycles. The minimum Gasteiger partial charge on any atom is -0.458 e. The number of ether oxygens (including phenoxy) is 3. The molecule has 0 aliphatic heterocycles. The van der Waals surface area contributed by atoms with Crippen LogP contribution in [0.4, 0.5) is 9.59 Å². The maximum atomic E-state index is 13.5. The molecule has 8 nitrogen and oxygen atoms in total. The van der Waals surface area contributed by atoms with Crippen LogP contribution in [0.2, 0.25) is 18.1 Å². The number of carbonyl (C=O) groups is 3. The topological polar surface area (TPSA) is 91.4 Å². The SMILES string of the molecule is CC(C)(C)OC(=O)N(C(=O)OC(C)(C)C)C(C)(CCCO[Si](C)(C)C(C)(C)C)C(=O)OC(C)(C)C. The van der Waals surface area contributed by atoms with Gasteiger partial charge in [0, 0.05) is 6.61 Å². The lowest BCUT2D eigenvalue weighted by atomic mass is 9.93. The monoisotopic (exact) mass is 517 g/mol. The van der Waals surface area contributed by atoms with Crippen LogP contribution in [0, 0.1) is 0 Å². The van der Waals surface area contributed by atoms with Crippen molar-refractivity contribution in [3.63, 3.8) is 0 Å². The zero-order valence-electron chi connectivity index (χ0n) is 24.9. The molecule has 0 aliphatic rings. The quantitative estimate of drug-likeness (QED) is 0.154. The molecule has 0 bridgehead atoms. The van der Waals surface area contributed by atoms with Gasteiger partial charge in [0.05, 0.1) is 0 Å². The number of nitrogens with zero attached hydrogens (tertiary/aromatic N) is 1. The molecule has 0 aromatic carbocycles. The van der Waals surface area contributed by atoms with Gasteiger partial charge in [-0.05, 0) is 100 Å². The number of hydrogen-bond acceptors (Lipinski definition) is 7. The summed E-state index contributed by atoms with van der Waals surface area (Å²) >= 11 is 0. The number of amides is 2. The van der Waals surface area contributed by atoms with Crippen molar-refractivity contribution in [2.45, 2.75) is 143 Å². The van der Waals surface area contributed by atoms with Crippen LogP contribution in [0.1, 0.15) is 103 Å². The predicted octanol–water partition coefficient (Wildman–Crippen LogP) is 7.06. The molecule has 0 heterocycles. The Morgan fingerprint density at radius 2 is 1.03 bits per heavy atom. The van der Waals surface area contributed by atoms with E-state index in [9.17, 15) is 14.4 Å². The maximum Gasteiger partial charge on any atom is 0.420 e. The highest BCUT2D eigenvalue weighted by Gasteiger charge is 2.51. The summed E-state index contributed by atoms with van der Waals surface area (Å²) in [6, 6.07) is 0. The molecule has 0 rings (SSSR count). The van der Waals surface area contributed by atoms with Crippen LogP contribution < -0.4 is 0 Å². The standard InChI is InChI=1S/C26H51NO7Si/c1-22(2,3)32-19(28)26(13,17-16-18-31-35(14,15)25(10,11)12)27(20(29)33-23(4,5)6)21(30)34-24(7,8)9/h16-18H2,1-15H3. The van der Waals surface area contributed by atoms with Crippen molar-refractivity contribution in [1.82, 2.24) is 4.90 Å². The number of carbonyl (C=O) groups excluding carboxylic acids is 3. The van der Waals surface area contributed by atoms with E-state index in [1.54, 1.807) is 62.3 Å². The Hall–Kier alpha value is -1.61. The number of imide groups is 1. The van der Waals surface area contributed by atoms with Gasteiger partial charge in [0.25, 0.3) is 0 Å². The molecule has 0 fully saturated rings. The lowest BCUT2D eigenvalue weighted by Crippen LogP contribution is -2.61. The summed E-state index contributed by atoms with van der Waals surface area (Å²) in [5, 5.41) is 0.0283. The Balaban J connectivity index is 6.27. The Bertz CT molecular complexity index is 724. The van der Waals surface area contributed by atoms with Gasteiger partial charge in [-0.1, -0.05) is 20.8 Å². The van der Waals surface area contributed by atoms with Gasteiger partial charge in [0.15, 0.2) is 13.9 Å². The molecule has 0 saturated heterocycles. The second-order valence-corrected chi connectivity index (χ2v) is 18.6. The van der Waals surface area contributed by atoms with Crippen LogP contribution in [0.25, 0.3) is 0 Å². The van der Waals surface area contributed by atoms with Gasteiger partial charge in [0.1, 0.15) is 16.8 Å². The number of hydrogen-bond donors (Lipinski definition) is 0. The van der Waals surface area contributed by atoms with Gasteiger partial charge in [0.2, 0.25) is 0 Å². The predicted molar refractivity (Wildman–Crippen MR) is 141 cm³/mol. The van der Waals surface area contributed by atoms with Crippen molar-refractivity contribution < 1.29 is 33.0 Å². The highest BCUT2D eigenvalue weighted by atomic mass is 28.4. The molecule has 9 heteroatoms. The van der Waals surface area contributed by atoms with Crippen molar-refractivity contribution in [3.05, 3.63) is 0 Å². The first-order chi connectivity index (χ1) is 15.2. The van der Waals surface area contributed by atoms with Crippen LogP contribution in [-0.2, 0) is 23.4 Å². The number of esters is 1. The van der Waals surface area contributed by atoms with E-state index in [1.165, 1.54) is 6.92 Å². The summed E-state index contributed by atoms with van der Waals surface area (Å²) < 4.78 is 23.0. The second-order valence-electron chi connectivity index (χ2n) is 13.8. The molecule has 0 aromatic rings. The molecule has 0 aromatic heterocycles. The smallest absolute Gasteiger partial charge is 0.420 e. The third-order valence-electron chi connectivity index (χ3n) is 5.56. The van der Waals surface area contributed by atoms with Crippen molar-refractivity contribution in [1.29, 1.82) is 0 Å². The lowest BCUT2D eigenvalue weighted by molar-refractivity contribution is -0.168. The van der Waals surface area contributed by atoms with E-state index in [2.05, 4.69) is 33.9 Å². The molecule has 0 radical (unpaired) electrons. The van der Waals surface area contributed by atoms with E-state index < -0.39 is 48.8 Å². The molecule has 2 amide bonds. The third kappa shape index (κ3) is 11.3. The van der Waals surface area contributed by atoms with Crippen LogP contribution in [0.5, 0.6) is 0 Å². The highest BCUT2D eigenvalue weighted by Crippen LogP contribution is 2.37. The van der Waals surface area contributed by atoms with Gasteiger partial charge >= 0.3 is 18.2 Å². The summed E-state index contributed by atoms with van der Waals surface area (Å²) in [7, 11) is -2.01. The summed E-state index contributed by atoms with van der Waals surface area (Å²) in [6.07, 6.45) is -1.39. The van der Waals surface area contributed by atoms with Gasteiger partial charge in [-0.15, -0.1) is 0 Å². The van der Waals surface area contributed by atoms with Gasteiger partial charge < -0.3 is 18.6 Å². The Morgan fingerprint density at radius 3 is 1.34 bits per heavy atom. The Morgan fingerprint density at radius 1 is 0.657 bits per heavy atom. The summed E-state index contributed by atoms with van der Waals surface area (Å²) in [4.78, 5) is 40.9. The fraction of sp³-hybridized carbons (Fsp3) is 0.885. The second kappa shape index (κ2) is 11.2. The van der Waals surface area contributed by atoms with Crippen LogP contribution in [-0.4, -0.2) is 60.3 Å². The molecule has 0 saturated carbocycles. The Labute approximate surface area is 214 Å². The van der Waals surface area contributed by atoms with Gasteiger partial charge in [-0.25, -0.2) is 14.4 Å². The molecule has 1 unspecified atom stereocenters. The van der Waals surface area contributed by atoms with E-state index in [4.69, 9.17) is 18.6 Å². The molecular formula is C26H51NO7Si. The van der Waals surface area contributed by atoms with E-state index >= 15 is 0 Å². The average Bonchev–Trinajstić information content (AvgIpc) is 2.52. The van der Waals surface area contributed by atoms with Crippen molar-refractivity contribution in [3.8, 4) is 0 Å².